The summed E-state index contributed by atoms with van der Waals surface area (Å²) in [6, 6.07) is 5.95. The van der Waals surface area contributed by atoms with E-state index < -0.39 is 48.9 Å². The van der Waals surface area contributed by atoms with Crippen molar-refractivity contribution < 1.29 is 29.4 Å². The van der Waals surface area contributed by atoms with E-state index in [9.17, 15) is 24.3 Å². The van der Waals surface area contributed by atoms with Gasteiger partial charge < -0.3 is 25.7 Å². The normalized spacial score (nSPS) is 20.3. The molecule has 2 aliphatic rings. The molecule has 1 aromatic rings. The van der Waals surface area contributed by atoms with Crippen LogP contribution in [0, 0.1) is 11.8 Å². The highest BCUT2D eigenvalue weighted by Gasteiger charge is 2.39. The molecule has 9 nitrogen and oxygen atoms in total. The van der Waals surface area contributed by atoms with Crippen LogP contribution in [-0.2, 0) is 25.6 Å². The quantitative estimate of drug-likeness (QED) is 0.323. The summed E-state index contributed by atoms with van der Waals surface area (Å²) in [5.41, 5.74) is 3.47. The number of rotatable bonds is 12. The molecular formula is C30H41N3O6. The predicted molar refractivity (Wildman–Crippen MR) is 148 cm³/mol. The average molecular weight is 540 g/mol. The maximum absolute atomic E-state index is 13.5. The second-order valence-electron chi connectivity index (χ2n) is 10.7. The molecule has 1 fully saturated rings. The van der Waals surface area contributed by atoms with E-state index in [0.29, 0.717) is 25.8 Å². The Balaban J connectivity index is 1.62. The van der Waals surface area contributed by atoms with Crippen molar-refractivity contribution in [3.63, 3.8) is 0 Å². The lowest BCUT2D eigenvalue weighted by Gasteiger charge is -2.32. The molecule has 3 amide bonds. The van der Waals surface area contributed by atoms with Gasteiger partial charge in [0.1, 0.15) is 12.1 Å². The van der Waals surface area contributed by atoms with Crippen LogP contribution in [0.1, 0.15) is 64.0 Å². The molecule has 212 valence electrons. The summed E-state index contributed by atoms with van der Waals surface area (Å²) in [4.78, 5) is 52.0. The smallest absolute Gasteiger partial charge is 0.305 e. The number of benzene rings is 1. The highest BCUT2D eigenvalue weighted by atomic mass is 16.4. The number of nitrogens with one attached hydrogen (secondary N) is 2. The Bertz CT molecular complexity index is 1090. The molecule has 0 bridgehead atoms. The molecule has 4 N–H and O–H groups in total. The summed E-state index contributed by atoms with van der Waals surface area (Å²) in [6.07, 6.45) is 9.16. The van der Waals surface area contributed by atoms with E-state index in [-0.39, 0.29) is 17.7 Å². The topological polar surface area (TPSA) is 136 Å². The third-order valence-corrected chi connectivity index (χ3v) is 7.32. The summed E-state index contributed by atoms with van der Waals surface area (Å²) >= 11 is 0. The van der Waals surface area contributed by atoms with E-state index >= 15 is 0 Å². The van der Waals surface area contributed by atoms with Gasteiger partial charge in [0.2, 0.25) is 17.7 Å². The molecule has 0 aromatic heterocycles. The van der Waals surface area contributed by atoms with Crippen LogP contribution in [-0.4, -0.2) is 70.1 Å². The van der Waals surface area contributed by atoms with Gasteiger partial charge in [0.25, 0.3) is 0 Å². The minimum atomic E-state index is -1.14. The van der Waals surface area contributed by atoms with Gasteiger partial charge in [-0.15, -0.1) is 0 Å². The maximum atomic E-state index is 13.5. The minimum Gasteiger partial charge on any atom is -0.481 e. The Hall–Kier alpha value is -3.46. The highest BCUT2D eigenvalue weighted by molar-refractivity contribution is 5.94. The standard InChI is InChI=1S/C30H41N3O6/c1-4-6-20-8-10-21(11-9-20)22-12-14-23(15-13-22)28(37)32-27(19(2)3)30(39)33-16-5-7-25(33)29(38)31-24(18-34)17-26(35)36/h8-14,19,23-25,27,34H,4-7,15-18H2,1-3H3,(H,31,38)(H,32,37)(H,35,36)/t23?,24?,25-,27?/m0/s1. The molecule has 0 saturated carbocycles. The number of aliphatic hydroxyl groups is 1. The Kier molecular flexibility index (Phi) is 10.9. The number of nitrogens with zero attached hydrogens (tertiary/aromatic N) is 1. The molecule has 3 rings (SSSR count). The number of likely N-dealkylation sites (tertiary alicyclic amines) is 1. The number of hydrogen-bond acceptors (Lipinski definition) is 5. The lowest BCUT2D eigenvalue weighted by Crippen LogP contribution is -2.56. The number of aliphatic carboxylic acids is 1. The summed E-state index contributed by atoms with van der Waals surface area (Å²) in [7, 11) is 0. The third kappa shape index (κ3) is 8.02. The van der Waals surface area contributed by atoms with E-state index in [0.717, 1.165) is 24.0 Å². The van der Waals surface area contributed by atoms with Crippen molar-refractivity contribution in [2.45, 2.75) is 77.4 Å². The van der Waals surface area contributed by atoms with Crippen LogP contribution in [0.4, 0.5) is 0 Å². The monoisotopic (exact) mass is 539 g/mol. The Morgan fingerprint density at radius 2 is 1.79 bits per heavy atom. The molecule has 3 unspecified atom stereocenters. The first-order valence-corrected chi connectivity index (χ1v) is 13.9. The van der Waals surface area contributed by atoms with Crippen molar-refractivity contribution in [1.82, 2.24) is 15.5 Å². The fourth-order valence-electron chi connectivity index (χ4n) is 5.11. The summed E-state index contributed by atoms with van der Waals surface area (Å²) < 4.78 is 0. The fraction of sp³-hybridized carbons (Fsp3) is 0.533. The van der Waals surface area contributed by atoms with Crippen LogP contribution >= 0.6 is 0 Å². The van der Waals surface area contributed by atoms with Gasteiger partial charge >= 0.3 is 5.97 Å². The van der Waals surface area contributed by atoms with Crippen molar-refractivity contribution in [3.8, 4) is 0 Å². The third-order valence-electron chi connectivity index (χ3n) is 7.32. The van der Waals surface area contributed by atoms with E-state index in [2.05, 4.69) is 41.8 Å². The van der Waals surface area contributed by atoms with Crippen LogP contribution in [0.15, 0.2) is 42.5 Å². The van der Waals surface area contributed by atoms with Crippen molar-refractivity contribution in [2.24, 2.45) is 11.8 Å². The Morgan fingerprint density at radius 1 is 1.08 bits per heavy atom. The molecule has 1 aliphatic heterocycles. The predicted octanol–water partition coefficient (Wildman–Crippen LogP) is 2.68. The average Bonchev–Trinajstić information content (AvgIpc) is 3.41. The second-order valence-corrected chi connectivity index (χ2v) is 10.7. The number of aryl methyl sites for hydroxylation is 1. The van der Waals surface area contributed by atoms with Gasteiger partial charge in [0.15, 0.2) is 0 Å². The van der Waals surface area contributed by atoms with Crippen molar-refractivity contribution in [1.29, 1.82) is 0 Å². The van der Waals surface area contributed by atoms with Crippen LogP contribution < -0.4 is 10.6 Å². The number of amides is 3. The summed E-state index contributed by atoms with van der Waals surface area (Å²) in [5.74, 6) is -2.82. The van der Waals surface area contributed by atoms with Gasteiger partial charge in [-0.05, 0) is 48.3 Å². The van der Waals surface area contributed by atoms with E-state index in [1.807, 2.05) is 32.1 Å². The Morgan fingerprint density at radius 3 is 2.36 bits per heavy atom. The molecule has 4 atom stereocenters. The molecule has 1 aromatic carbocycles. The first-order valence-electron chi connectivity index (χ1n) is 13.9. The molecule has 9 heteroatoms. The van der Waals surface area contributed by atoms with Crippen LogP contribution in [0.25, 0.3) is 5.57 Å². The van der Waals surface area contributed by atoms with Gasteiger partial charge in [-0.25, -0.2) is 0 Å². The zero-order valence-electron chi connectivity index (χ0n) is 23.1. The molecule has 1 saturated heterocycles. The van der Waals surface area contributed by atoms with E-state index in [4.69, 9.17) is 5.11 Å². The number of carbonyl (C=O) groups excluding carboxylic acids is 3. The number of carboxylic acid groups (broad SMARTS) is 1. The van der Waals surface area contributed by atoms with E-state index in [1.165, 1.54) is 10.5 Å². The van der Waals surface area contributed by atoms with Crippen LogP contribution in [0.2, 0.25) is 0 Å². The van der Waals surface area contributed by atoms with Crippen molar-refractivity contribution in [3.05, 3.63) is 53.6 Å². The van der Waals surface area contributed by atoms with E-state index in [1.54, 1.807) is 0 Å². The minimum absolute atomic E-state index is 0.205. The number of hydrogen-bond donors (Lipinski definition) is 4. The second kappa shape index (κ2) is 14.1. The number of aliphatic hydroxyl groups excluding tert-OH is 1. The van der Waals surface area contributed by atoms with Gasteiger partial charge in [-0.1, -0.05) is 69.7 Å². The summed E-state index contributed by atoms with van der Waals surface area (Å²) in [6.45, 7) is 5.70. The fourth-order valence-corrected chi connectivity index (χ4v) is 5.11. The molecule has 0 spiro atoms. The number of carbonyl (C=O) groups is 4. The van der Waals surface area contributed by atoms with Crippen molar-refractivity contribution >= 4 is 29.3 Å². The first kappa shape index (κ1) is 30.1. The van der Waals surface area contributed by atoms with Gasteiger partial charge in [-0.2, -0.15) is 0 Å². The summed E-state index contributed by atoms with van der Waals surface area (Å²) in [5, 5.41) is 23.9. The molecule has 1 heterocycles. The highest BCUT2D eigenvalue weighted by Crippen LogP contribution is 2.26. The van der Waals surface area contributed by atoms with Crippen LogP contribution in [0.5, 0.6) is 0 Å². The maximum Gasteiger partial charge on any atom is 0.305 e. The van der Waals surface area contributed by atoms with Gasteiger partial charge in [0, 0.05) is 6.54 Å². The largest absolute Gasteiger partial charge is 0.481 e. The SMILES string of the molecule is CCCc1ccc(C2=CCC(C(=O)NC(C(=O)N3CCC[C@H]3C(=O)NC(CO)CC(=O)O)C(C)C)C=C2)cc1. The Labute approximate surface area is 230 Å². The molecule has 39 heavy (non-hydrogen) atoms. The molecule has 0 radical (unpaired) electrons. The van der Waals surface area contributed by atoms with Gasteiger partial charge in [0.05, 0.1) is 25.0 Å². The zero-order chi connectivity index (χ0) is 28.5. The van der Waals surface area contributed by atoms with Crippen LogP contribution in [0.3, 0.4) is 0 Å². The number of allylic oxidation sites excluding steroid dienone is 3. The van der Waals surface area contributed by atoms with Crippen molar-refractivity contribution in [2.75, 3.05) is 13.2 Å². The molecule has 1 aliphatic carbocycles. The number of carboxylic acids is 1. The molecular weight excluding hydrogens is 498 g/mol. The first-order chi connectivity index (χ1) is 18.6. The van der Waals surface area contributed by atoms with Gasteiger partial charge in [-0.3, -0.25) is 19.2 Å². The zero-order valence-corrected chi connectivity index (χ0v) is 23.1. The lowest BCUT2D eigenvalue weighted by molar-refractivity contribution is -0.143. The lowest BCUT2D eigenvalue weighted by atomic mass is 9.91.